The molecule has 1 aliphatic heterocycles. The number of nitrogens with one attached hydrogen (secondary N) is 1. The minimum absolute atomic E-state index is 0.0461. The fourth-order valence-corrected chi connectivity index (χ4v) is 3.70. The molecule has 8 heteroatoms. The number of hydrogen-bond acceptors (Lipinski definition) is 3. The zero-order valence-electron chi connectivity index (χ0n) is 12.6. The van der Waals surface area contributed by atoms with Crippen molar-refractivity contribution in [3.63, 3.8) is 0 Å². The van der Waals surface area contributed by atoms with E-state index in [1.807, 2.05) is 0 Å². The number of carbonyl (C=O) groups excluding carboxylic acids is 1. The van der Waals surface area contributed by atoms with Gasteiger partial charge in [0.2, 0.25) is 0 Å². The summed E-state index contributed by atoms with van der Waals surface area (Å²) >= 11 is 3.17. The Bertz CT molecular complexity index is 692. The van der Waals surface area contributed by atoms with Gasteiger partial charge in [-0.3, -0.25) is 10.2 Å². The third-order valence-electron chi connectivity index (χ3n) is 4.48. The molecule has 1 fully saturated rings. The maximum Gasteiger partial charge on any atom is 0.439 e. The average molecular weight is 405 g/mol. The van der Waals surface area contributed by atoms with Gasteiger partial charge in [-0.15, -0.1) is 0 Å². The zero-order valence-corrected chi connectivity index (χ0v) is 14.2. The summed E-state index contributed by atoms with van der Waals surface area (Å²) in [5.41, 5.74) is -0.456. The van der Waals surface area contributed by atoms with E-state index in [-0.39, 0.29) is 17.7 Å². The van der Waals surface area contributed by atoms with Crippen LogP contribution in [-0.4, -0.2) is 27.9 Å². The fourth-order valence-electron chi connectivity index (χ4n) is 3.24. The van der Waals surface area contributed by atoms with Crippen LogP contribution < -0.4 is 5.43 Å². The van der Waals surface area contributed by atoms with Crippen molar-refractivity contribution in [1.82, 2.24) is 10.4 Å². The molecule has 1 aromatic carbocycles. The minimum Gasteiger partial charge on any atom is -0.362 e. The van der Waals surface area contributed by atoms with E-state index in [0.717, 1.165) is 6.42 Å². The normalized spacial score (nSPS) is 27.1. The largest absolute Gasteiger partial charge is 0.439 e. The second-order valence-corrected chi connectivity index (χ2v) is 6.81. The molecule has 130 valence electrons. The van der Waals surface area contributed by atoms with Crippen molar-refractivity contribution >= 4 is 21.8 Å². The first-order valence-electron chi connectivity index (χ1n) is 7.61. The van der Waals surface area contributed by atoms with Gasteiger partial charge in [0.1, 0.15) is 0 Å². The van der Waals surface area contributed by atoms with Gasteiger partial charge in [-0.05, 0) is 47.3 Å². The van der Waals surface area contributed by atoms with Crippen molar-refractivity contribution in [3.8, 4) is 0 Å². The third-order valence-corrected chi connectivity index (χ3v) is 5.17. The highest BCUT2D eigenvalue weighted by Gasteiger charge is 2.68. The molecular weight excluding hydrogens is 389 g/mol. The van der Waals surface area contributed by atoms with Gasteiger partial charge < -0.3 is 5.11 Å². The second-order valence-electron chi connectivity index (χ2n) is 5.95. The topological polar surface area (TPSA) is 52.6 Å². The Hall–Kier alpha value is -1.54. The van der Waals surface area contributed by atoms with Crippen LogP contribution in [0.25, 0.3) is 0 Å². The van der Waals surface area contributed by atoms with Crippen LogP contribution in [0.3, 0.4) is 0 Å². The standard InChI is InChI=1S/C16H16BrF3N2O2/c17-12-8-5-4-6-10(12)14(23)22-15(24,16(18,19)20)11-7-2-1-3-9-13(11)21-22/h4-6,8-9,11,21,24H,1-3,7H2/t11-,15-/m1/s1. The molecule has 1 heterocycles. The molecule has 1 amide bonds. The van der Waals surface area contributed by atoms with E-state index in [0.29, 0.717) is 22.3 Å². The van der Waals surface area contributed by atoms with E-state index in [9.17, 15) is 23.1 Å². The molecule has 0 bridgehead atoms. The maximum absolute atomic E-state index is 13.8. The summed E-state index contributed by atoms with van der Waals surface area (Å²) in [6.07, 6.45) is -1.25. The van der Waals surface area contributed by atoms with E-state index in [2.05, 4.69) is 21.4 Å². The molecule has 0 unspecified atom stereocenters. The first-order valence-corrected chi connectivity index (χ1v) is 8.41. The Morgan fingerprint density at radius 2 is 2.04 bits per heavy atom. The third kappa shape index (κ3) is 2.61. The van der Waals surface area contributed by atoms with Gasteiger partial charge >= 0.3 is 6.18 Å². The predicted octanol–water partition coefficient (Wildman–Crippen LogP) is 3.73. The van der Waals surface area contributed by atoms with Crippen LogP contribution in [0.5, 0.6) is 0 Å². The summed E-state index contributed by atoms with van der Waals surface area (Å²) in [6, 6.07) is 6.18. The number of aliphatic hydroxyl groups is 1. The van der Waals surface area contributed by atoms with Crippen molar-refractivity contribution in [2.24, 2.45) is 5.92 Å². The predicted molar refractivity (Wildman–Crippen MR) is 84.5 cm³/mol. The smallest absolute Gasteiger partial charge is 0.362 e. The van der Waals surface area contributed by atoms with Gasteiger partial charge in [0.05, 0.1) is 11.5 Å². The van der Waals surface area contributed by atoms with Crippen LogP contribution in [-0.2, 0) is 0 Å². The van der Waals surface area contributed by atoms with Crippen LogP contribution in [0.1, 0.15) is 36.0 Å². The Kier molecular flexibility index (Phi) is 4.37. The molecule has 2 aliphatic rings. The number of rotatable bonds is 1. The summed E-state index contributed by atoms with van der Waals surface area (Å²) in [5.74, 6) is -2.14. The summed E-state index contributed by atoms with van der Waals surface area (Å²) < 4.78 is 41.6. The average Bonchev–Trinajstić information content (AvgIpc) is 2.68. The molecule has 1 aromatic rings. The molecule has 2 N–H and O–H groups in total. The molecule has 2 atom stereocenters. The number of nitrogens with zero attached hydrogens (tertiary/aromatic N) is 1. The SMILES string of the molecule is O=C(c1ccccc1Br)N1NC2=CCCCC[C@H]2[C@@]1(O)C(F)(F)F. The van der Waals surface area contributed by atoms with Crippen LogP contribution in [0.15, 0.2) is 40.5 Å². The first-order chi connectivity index (χ1) is 11.3. The van der Waals surface area contributed by atoms with Crippen LogP contribution in [0, 0.1) is 5.92 Å². The quantitative estimate of drug-likeness (QED) is 0.749. The highest BCUT2D eigenvalue weighted by Crippen LogP contribution is 2.48. The molecule has 0 saturated carbocycles. The maximum atomic E-state index is 13.8. The monoisotopic (exact) mass is 404 g/mol. The Morgan fingerprint density at radius 1 is 1.33 bits per heavy atom. The van der Waals surface area contributed by atoms with Crippen LogP contribution in [0.2, 0.25) is 0 Å². The second kappa shape index (κ2) is 6.07. The molecule has 1 aliphatic carbocycles. The number of benzene rings is 1. The number of amides is 1. The highest BCUT2D eigenvalue weighted by atomic mass is 79.9. The Labute approximate surface area is 145 Å². The van der Waals surface area contributed by atoms with Gasteiger partial charge in [0.15, 0.2) is 0 Å². The number of allylic oxidation sites excluding steroid dienone is 1. The Morgan fingerprint density at radius 3 is 2.71 bits per heavy atom. The number of fused-ring (bicyclic) bond motifs is 1. The minimum atomic E-state index is -4.98. The van der Waals surface area contributed by atoms with E-state index in [4.69, 9.17) is 0 Å². The van der Waals surface area contributed by atoms with E-state index >= 15 is 0 Å². The van der Waals surface area contributed by atoms with Crippen molar-refractivity contribution in [3.05, 3.63) is 46.1 Å². The molecular formula is C16H16BrF3N2O2. The molecule has 1 saturated heterocycles. The van der Waals surface area contributed by atoms with Gasteiger partial charge in [-0.1, -0.05) is 24.6 Å². The van der Waals surface area contributed by atoms with Crippen molar-refractivity contribution in [2.75, 3.05) is 0 Å². The van der Waals surface area contributed by atoms with Gasteiger partial charge in [-0.25, -0.2) is 5.01 Å². The summed E-state index contributed by atoms with van der Waals surface area (Å²) in [7, 11) is 0. The fraction of sp³-hybridized carbons (Fsp3) is 0.438. The van der Waals surface area contributed by atoms with Crippen LogP contribution in [0.4, 0.5) is 13.2 Å². The molecule has 3 rings (SSSR count). The lowest BCUT2D eigenvalue weighted by Crippen LogP contribution is -2.62. The summed E-state index contributed by atoms with van der Waals surface area (Å²) in [6.45, 7) is 0. The van der Waals surface area contributed by atoms with Gasteiger partial charge in [0, 0.05) is 10.2 Å². The first kappa shape index (κ1) is 17.3. The lowest BCUT2D eigenvalue weighted by molar-refractivity contribution is -0.314. The summed E-state index contributed by atoms with van der Waals surface area (Å²) in [4.78, 5) is 12.7. The molecule has 0 radical (unpaired) electrons. The van der Waals surface area contributed by atoms with E-state index in [1.165, 1.54) is 6.07 Å². The number of alkyl halides is 3. The zero-order chi connectivity index (χ0) is 17.5. The summed E-state index contributed by atoms with van der Waals surface area (Å²) in [5, 5.41) is 10.9. The van der Waals surface area contributed by atoms with Gasteiger partial charge in [-0.2, -0.15) is 13.2 Å². The molecule has 24 heavy (non-hydrogen) atoms. The van der Waals surface area contributed by atoms with E-state index in [1.54, 1.807) is 24.3 Å². The van der Waals surface area contributed by atoms with E-state index < -0.39 is 23.7 Å². The van der Waals surface area contributed by atoms with Crippen molar-refractivity contribution < 1.29 is 23.1 Å². The lowest BCUT2D eigenvalue weighted by atomic mass is 9.89. The number of carbonyl (C=O) groups is 1. The van der Waals surface area contributed by atoms with Crippen LogP contribution >= 0.6 is 15.9 Å². The van der Waals surface area contributed by atoms with Crippen molar-refractivity contribution in [1.29, 1.82) is 0 Å². The highest BCUT2D eigenvalue weighted by molar-refractivity contribution is 9.10. The number of halogens is 4. The number of hydrazine groups is 1. The van der Waals surface area contributed by atoms with Crippen molar-refractivity contribution in [2.45, 2.75) is 37.6 Å². The molecule has 0 aromatic heterocycles. The van der Waals surface area contributed by atoms with Gasteiger partial charge in [0.25, 0.3) is 11.6 Å². The lowest BCUT2D eigenvalue weighted by Gasteiger charge is -2.37. The Balaban J connectivity index is 2.07. The molecule has 4 nitrogen and oxygen atoms in total. The molecule has 0 spiro atoms. The number of hydrogen-bond donors (Lipinski definition) is 2.